The molecular weight excluding hydrogens is 252 g/mol. The number of aryl methyl sites for hydroxylation is 2. The molecule has 0 saturated carbocycles. The van der Waals surface area contributed by atoms with Crippen LogP contribution < -0.4 is 5.32 Å². The fourth-order valence-electron chi connectivity index (χ4n) is 2.12. The molecule has 20 heavy (non-hydrogen) atoms. The molecule has 0 amide bonds. The molecule has 0 saturated heterocycles. The van der Waals surface area contributed by atoms with Gasteiger partial charge in [-0.15, -0.1) is 5.10 Å². The van der Waals surface area contributed by atoms with Gasteiger partial charge in [0.15, 0.2) is 5.82 Å². The van der Waals surface area contributed by atoms with Gasteiger partial charge in [-0.05, 0) is 32.8 Å². The van der Waals surface area contributed by atoms with Crippen LogP contribution in [-0.4, -0.2) is 25.1 Å². The molecule has 0 spiro atoms. The van der Waals surface area contributed by atoms with Crippen molar-refractivity contribution >= 4 is 17.5 Å². The summed E-state index contributed by atoms with van der Waals surface area (Å²) in [4.78, 5) is 13.0. The molecule has 0 aromatic carbocycles. The zero-order valence-corrected chi connectivity index (χ0v) is 11.5. The smallest absolute Gasteiger partial charge is 0.249 e. The molecule has 3 rings (SSSR count). The van der Waals surface area contributed by atoms with Crippen LogP contribution in [0.2, 0.25) is 0 Å². The van der Waals surface area contributed by atoms with Gasteiger partial charge in [0.1, 0.15) is 0 Å². The molecule has 102 valence electrons. The normalized spacial score (nSPS) is 14.2. The van der Waals surface area contributed by atoms with Crippen LogP contribution in [0.15, 0.2) is 24.3 Å². The molecule has 0 atom stereocenters. The van der Waals surface area contributed by atoms with Crippen molar-refractivity contribution < 1.29 is 0 Å². The van der Waals surface area contributed by atoms with Crippen LogP contribution in [0.25, 0.3) is 5.57 Å². The summed E-state index contributed by atoms with van der Waals surface area (Å²) in [6.45, 7) is 3.86. The molecule has 2 aromatic heterocycles. The Hall–Kier alpha value is -2.50. The predicted molar refractivity (Wildman–Crippen MR) is 77.5 cm³/mol. The number of nitrogens with one attached hydrogen (secondary N) is 2. The molecule has 2 aromatic rings. The largest absolute Gasteiger partial charge is 0.291 e. The molecular formula is C14H16N6. The van der Waals surface area contributed by atoms with Crippen LogP contribution in [0.3, 0.4) is 0 Å². The maximum absolute atomic E-state index is 4.41. The van der Waals surface area contributed by atoms with Crippen molar-refractivity contribution in [2.24, 2.45) is 0 Å². The SMILES string of the molecule is Cc1cc(C)nc(Nc2n[nH]c(C3=CCCC=C3)n2)n1. The average molecular weight is 268 g/mol. The zero-order chi connectivity index (χ0) is 13.9. The summed E-state index contributed by atoms with van der Waals surface area (Å²) >= 11 is 0. The average Bonchev–Trinajstić information content (AvgIpc) is 2.87. The molecule has 0 bridgehead atoms. The van der Waals surface area contributed by atoms with Gasteiger partial charge in [-0.3, -0.25) is 10.4 Å². The van der Waals surface area contributed by atoms with Gasteiger partial charge in [0.25, 0.3) is 0 Å². The minimum Gasteiger partial charge on any atom is -0.291 e. The monoisotopic (exact) mass is 268 g/mol. The van der Waals surface area contributed by atoms with Crippen LogP contribution in [0.4, 0.5) is 11.9 Å². The summed E-state index contributed by atoms with van der Waals surface area (Å²) in [5, 5.41) is 10.1. The van der Waals surface area contributed by atoms with Gasteiger partial charge in [0.05, 0.1) is 0 Å². The third-order valence-corrected chi connectivity index (χ3v) is 2.96. The van der Waals surface area contributed by atoms with E-state index in [0.717, 1.165) is 35.6 Å². The Morgan fingerprint density at radius 2 is 1.85 bits per heavy atom. The number of nitrogens with zero attached hydrogens (tertiary/aromatic N) is 4. The quantitative estimate of drug-likeness (QED) is 0.894. The van der Waals surface area contributed by atoms with Crippen molar-refractivity contribution in [1.82, 2.24) is 25.1 Å². The molecule has 2 N–H and O–H groups in total. The van der Waals surface area contributed by atoms with E-state index in [9.17, 15) is 0 Å². The fourth-order valence-corrected chi connectivity index (χ4v) is 2.12. The lowest BCUT2D eigenvalue weighted by Gasteiger charge is -2.03. The van der Waals surface area contributed by atoms with E-state index in [0.29, 0.717) is 11.9 Å². The number of aromatic amines is 1. The van der Waals surface area contributed by atoms with Gasteiger partial charge in [0, 0.05) is 17.0 Å². The van der Waals surface area contributed by atoms with Crippen molar-refractivity contribution in [3.8, 4) is 0 Å². The fraction of sp³-hybridized carbons (Fsp3) is 0.286. The van der Waals surface area contributed by atoms with Crippen molar-refractivity contribution in [1.29, 1.82) is 0 Å². The number of hydrogen-bond donors (Lipinski definition) is 2. The summed E-state index contributed by atoms with van der Waals surface area (Å²) in [6, 6.07) is 1.92. The first-order valence-corrected chi connectivity index (χ1v) is 6.59. The Morgan fingerprint density at radius 1 is 1.05 bits per heavy atom. The molecule has 6 nitrogen and oxygen atoms in total. The summed E-state index contributed by atoms with van der Waals surface area (Å²) in [6.07, 6.45) is 8.46. The Bertz CT molecular complexity index is 662. The Balaban J connectivity index is 1.80. The maximum Gasteiger partial charge on any atom is 0.249 e. The van der Waals surface area contributed by atoms with E-state index >= 15 is 0 Å². The third kappa shape index (κ3) is 2.74. The van der Waals surface area contributed by atoms with E-state index in [1.54, 1.807) is 0 Å². The van der Waals surface area contributed by atoms with Gasteiger partial charge in [0.2, 0.25) is 11.9 Å². The van der Waals surface area contributed by atoms with Gasteiger partial charge in [-0.25, -0.2) is 9.97 Å². The predicted octanol–water partition coefficient (Wildman–Crippen LogP) is 2.69. The van der Waals surface area contributed by atoms with Gasteiger partial charge < -0.3 is 0 Å². The van der Waals surface area contributed by atoms with Gasteiger partial charge >= 0.3 is 0 Å². The summed E-state index contributed by atoms with van der Waals surface area (Å²) in [5.74, 6) is 1.75. The highest BCUT2D eigenvalue weighted by molar-refractivity contribution is 5.70. The molecule has 6 heteroatoms. The lowest BCUT2D eigenvalue weighted by molar-refractivity contribution is 1.02. The Morgan fingerprint density at radius 3 is 2.55 bits per heavy atom. The van der Waals surface area contributed by atoms with Crippen LogP contribution in [0, 0.1) is 13.8 Å². The van der Waals surface area contributed by atoms with E-state index < -0.39 is 0 Å². The maximum atomic E-state index is 4.41. The van der Waals surface area contributed by atoms with Gasteiger partial charge in [-0.2, -0.15) is 4.98 Å². The molecule has 0 radical (unpaired) electrons. The number of aromatic nitrogens is 5. The minimum atomic E-state index is 0.477. The zero-order valence-electron chi connectivity index (χ0n) is 11.5. The highest BCUT2D eigenvalue weighted by atomic mass is 15.3. The topological polar surface area (TPSA) is 79.4 Å². The van der Waals surface area contributed by atoms with Crippen LogP contribution in [-0.2, 0) is 0 Å². The first kappa shape index (κ1) is 12.5. The van der Waals surface area contributed by atoms with Crippen LogP contribution >= 0.6 is 0 Å². The lowest BCUT2D eigenvalue weighted by atomic mass is 10.1. The van der Waals surface area contributed by atoms with Crippen molar-refractivity contribution in [3.05, 3.63) is 41.5 Å². The Kier molecular flexibility index (Phi) is 3.28. The van der Waals surface area contributed by atoms with E-state index in [1.165, 1.54) is 0 Å². The number of anilines is 2. The van der Waals surface area contributed by atoms with Crippen LogP contribution in [0.1, 0.15) is 30.1 Å². The van der Waals surface area contributed by atoms with E-state index in [-0.39, 0.29) is 0 Å². The minimum absolute atomic E-state index is 0.477. The Labute approximate surface area is 117 Å². The first-order valence-electron chi connectivity index (χ1n) is 6.59. The number of allylic oxidation sites excluding steroid dienone is 4. The molecule has 1 aliphatic carbocycles. The summed E-state index contributed by atoms with van der Waals surface area (Å²) < 4.78 is 0. The molecule has 1 aliphatic rings. The number of rotatable bonds is 3. The van der Waals surface area contributed by atoms with E-state index in [1.807, 2.05) is 19.9 Å². The molecule has 0 fully saturated rings. The number of hydrogen-bond acceptors (Lipinski definition) is 5. The summed E-state index contributed by atoms with van der Waals surface area (Å²) in [7, 11) is 0. The van der Waals surface area contributed by atoms with Crippen molar-refractivity contribution in [2.45, 2.75) is 26.7 Å². The first-order chi connectivity index (χ1) is 9.70. The standard InChI is InChI=1S/C14H16N6/c1-9-8-10(2)16-13(15-9)18-14-17-12(19-20-14)11-6-4-3-5-7-11/h4,6-8H,3,5H2,1-2H3,(H2,15,16,17,18,19,20). The highest BCUT2D eigenvalue weighted by Crippen LogP contribution is 2.19. The molecule has 0 aliphatic heterocycles. The molecule has 0 unspecified atom stereocenters. The number of H-pyrrole nitrogens is 1. The van der Waals surface area contributed by atoms with Crippen LogP contribution in [0.5, 0.6) is 0 Å². The van der Waals surface area contributed by atoms with E-state index in [2.05, 4.69) is 48.7 Å². The summed E-state index contributed by atoms with van der Waals surface area (Å²) in [5.41, 5.74) is 2.89. The van der Waals surface area contributed by atoms with Gasteiger partial charge in [-0.1, -0.05) is 18.2 Å². The second-order valence-electron chi connectivity index (χ2n) is 4.75. The lowest BCUT2D eigenvalue weighted by Crippen LogP contribution is -2.01. The second-order valence-corrected chi connectivity index (χ2v) is 4.75. The van der Waals surface area contributed by atoms with E-state index in [4.69, 9.17) is 0 Å². The van der Waals surface area contributed by atoms with Crippen molar-refractivity contribution in [2.75, 3.05) is 5.32 Å². The second kappa shape index (κ2) is 5.24. The third-order valence-electron chi connectivity index (χ3n) is 2.96. The highest BCUT2D eigenvalue weighted by Gasteiger charge is 2.09. The van der Waals surface area contributed by atoms with Crippen molar-refractivity contribution in [3.63, 3.8) is 0 Å². The molecule has 2 heterocycles.